The lowest BCUT2D eigenvalue weighted by molar-refractivity contribution is 0.0526. The monoisotopic (exact) mass is 308 g/mol. The van der Waals surface area contributed by atoms with E-state index in [4.69, 9.17) is 4.74 Å². The Morgan fingerprint density at radius 2 is 1.95 bits per heavy atom. The third-order valence-electron chi connectivity index (χ3n) is 2.80. The highest BCUT2D eigenvalue weighted by atomic mass is 32.2. The highest BCUT2D eigenvalue weighted by molar-refractivity contribution is 7.89. The van der Waals surface area contributed by atoms with Crippen LogP contribution in [0.1, 0.15) is 22.8 Å². The summed E-state index contributed by atoms with van der Waals surface area (Å²) in [5.41, 5.74) is 1.16. The zero-order valence-corrected chi connectivity index (χ0v) is 12.3. The second kappa shape index (κ2) is 6.55. The molecule has 0 aliphatic heterocycles. The fourth-order valence-electron chi connectivity index (χ4n) is 1.71. The van der Waals surface area contributed by atoms with Gasteiger partial charge in [0, 0.05) is 18.9 Å². The Bertz CT molecular complexity index is 691. The van der Waals surface area contributed by atoms with E-state index in [9.17, 15) is 13.2 Å². The molecule has 0 aliphatic carbocycles. The Kier molecular flexibility index (Phi) is 4.77. The van der Waals surface area contributed by atoms with Crippen molar-refractivity contribution in [2.75, 3.05) is 6.61 Å². The maximum absolute atomic E-state index is 12.1. The van der Waals surface area contributed by atoms with Crippen molar-refractivity contribution in [3.63, 3.8) is 0 Å². The van der Waals surface area contributed by atoms with Crippen molar-refractivity contribution in [2.45, 2.75) is 18.4 Å². The number of carbonyl (C=O) groups excluding carboxylic acids is 1. The van der Waals surface area contributed by atoms with Crippen molar-refractivity contribution in [3.8, 4) is 0 Å². The lowest BCUT2D eigenvalue weighted by atomic mass is 10.2. The summed E-state index contributed by atoms with van der Waals surface area (Å²) >= 11 is 0. The van der Waals surface area contributed by atoms with Crippen molar-refractivity contribution in [1.29, 1.82) is 0 Å². The molecule has 0 spiro atoms. The Morgan fingerprint density at radius 1 is 1.24 bits per heavy atom. The number of nitrogens with one attached hydrogen (secondary N) is 2. The summed E-state index contributed by atoms with van der Waals surface area (Å²) in [6.45, 7) is 2.18. The van der Waals surface area contributed by atoms with Crippen molar-refractivity contribution in [3.05, 3.63) is 53.9 Å². The average molecular weight is 308 g/mol. The Labute approximate surface area is 123 Å². The molecule has 6 nitrogen and oxygen atoms in total. The molecule has 21 heavy (non-hydrogen) atoms. The highest BCUT2D eigenvalue weighted by Gasteiger charge is 2.15. The van der Waals surface area contributed by atoms with E-state index in [1.807, 2.05) is 0 Å². The molecule has 2 aromatic rings. The van der Waals surface area contributed by atoms with Crippen molar-refractivity contribution in [1.82, 2.24) is 9.71 Å². The lowest BCUT2D eigenvalue weighted by Crippen LogP contribution is -2.23. The number of aromatic nitrogens is 1. The van der Waals surface area contributed by atoms with Crippen LogP contribution in [-0.4, -0.2) is 26.0 Å². The molecule has 0 saturated heterocycles. The summed E-state index contributed by atoms with van der Waals surface area (Å²) in [4.78, 5) is 14.5. The van der Waals surface area contributed by atoms with E-state index in [0.29, 0.717) is 5.56 Å². The quantitative estimate of drug-likeness (QED) is 0.795. The van der Waals surface area contributed by atoms with Gasteiger partial charge in [-0.15, -0.1) is 0 Å². The highest BCUT2D eigenvalue weighted by Crippen LogP contribution is 2.12. The number of benzene rings is 1. The van der Waals surface area contributed by atoms with Gasteiger partial charge in [0.15, 0.2) is 0 Å². The smallest absolute Gasteiger partial charge is 0.338 e. The van der Waals surface area contributed by atoms with Gasteiger partial charge in [0.1, 0.15) is 0 Å². The fourth-order valence-corrected chi connectivity index (χ4v) is 2.73. The molecule has 2 N–H and O–H groups in total. The van der Waals surface area contributed by atoms with Gasteiger partial charge in [-0.3, -0.25) is 0 Å². The first-order chi connectivity index (χ1) is 10.0. The largest absolute Gasteiger partial charge is 0.462 e. The number of sulfonamides is 1. The molecular formula is C14H16N2O4S. The first-order valence-electron chi connectivity index (χ1n) is 6.41. The van der Waals surface area contributed by atoms with Crippen LogP contribution in [0.4, 0.5) is 0 Å². The Balaban J connectivity index is 2.08. The van der Waals surface area contributed by atoms with Crippen molar-refractivity contribution < 1.29 is 17.9 Å². The second-order valence-corrected chi connectivity index (χ2v) is 6.06. The standard InChI is InChI=1S/C14H16N2O4S/c1-2-20-14(17)12-3-5-13(6-4-12)21(18,19)16-10-11-7-8-15-9-11/h3-9,15-16H,2,10H2,1H3. The minimum Gasteiger partial charge on any atom is -0.462 e. The Hall–Kier alpha value is -2.12. The van der Waals surface area contributed by atoms with Gasteiger partial charge in [-0.25, -0.2) is 17.9 Å². The van der Waals surface area contributed by atoms with E-state index in [2.05, 4.69) is 9.71 Å². The van der Waals surface area contributed by atoms with Crippen molar-refractivity contribution >= 4 is 16.0 Å². The molecule has 0 amide bonds. The van der Waals surface area contributed by atoms with Crippen LogP contribution < -0.4 is 4.72 Å². The van der Waals surface area contributed by atoms with Crippen LogP contribution in [-0.2, 0) is 21.3 Å². The number of aromatic amines is 1. The predicted molar refractivity (Wildman–Crippen MR) is 77.2 cm³/mol. The van der Waals surface area contributed by atoms with E-state index in [-0.39, 0.29) is 18.0 Å². The molecular weight excluding hydrogens is 292 g/mol. The molecule has 0 aliphatic rings. The van der Waals surface area contributed by atoms with Gasteiger partial charge in [0.25, 0.3) is 0 Å². The lowest BCUT2D eigenvalue weighted by Gasteiger charge is -2.07. The number of ether oxygens (including phenoxy) is 1. The molecule has 1 heterocycles. The van der Waals surface area contributed by atoms with Crippen LogP contribution in [0.15, 0.2) is 47.6 Å². The predicted octanol–water partition coefficient (Wildman–Crippen LogP) is 1.67. The van der Waals surface area contributed by atoms with Crippen LogP contribution in [0, 0.1) is 0 Å². The van der Waals surface area contributed by atoms with E-state index in [1.54, 1.807) is 25.4 Å². The summed E-state index contributed by atoms with van der Waals surface area (Å²) in [7, 11) is -3.61. The van der Waals surface area contributed by atoms with Gasteiger partial charge in [0.05, 0.1) is 17.1 Å². The first-order valence-corrected chi connectivity index (χ1v) is 7.90. The molecule has 0 atom stereocenters. The Morgan fingerprint density at radius 3 is 2.52 bits per heavy atom. The zero-order chi connectivity index (χ0) is 15.3. The van der Waals surface area contributed by atoms with E-state index < -0.39 is 16.0 Å². The summed E-state index contributed by atoms with van der Waals surface area (Å²) in [6.07, 6.45) is 3.43. The van der Waals surface area contributed by atoms with Crippen molar-refractivity contribution in [2.24, 2.45) is 0 Å². The van der Waals surface area contributed by atoms with E-state index in [1.165, 1.54) is 24.3 Å². The topological polar surface area (TPSA) is 88.3 Å². The number of H-pyrrole nitrogens is 1. The van der Waals surface area contributed by atoms with Crippen LogP contribution in [0.5, 0.6) is 0 Å². The van der Waals surface area contributed by atoms with Gasteiger partial charge < -0.3 is 9.72 Å². The van der Waals surface area contributed by atoms with Gasteiger partial charge >= 0.3 is 5.97 Å². The zero-order valence-electron chi connectivity index (χ0n) is 11.5. The molecule has 112 valence electrons. The number of hydrogen-bond acceptors (Lipinski definition) is 4. The van der Waals surface area contributed by atoms with Crippen LogP contribution in [0.3, 0.4) is 0 Å². The molecule has 2 rings (SSSR count). The molecule has 0 unspecified atom stereocenters. The van der Waals surface area contributed by atoms with Gasteiger partial charge in [-0.1, -0.05) is 0 Å². The average Bonchev–Trinajstić information content (AvgIpc) is 2.99. The number of carbonyl (C=O) groups is 1. The summed E-state index contributed by atoms with van der Waals surface area (Å²) in [5, 5.41) is 0. The fraction of sp³-hybridized carbons (Fsp3) is 0.214. The normalized spacial score (nSPS) is 11.3. The molecule has 7 heteroatoms. The maximum atomic E-state index is 12.1. The minimum atomic E-state index is -3.61. The van der Waals surface area contributed by atoms with Gasteiger partial charge in [-0.05, 0) is 42.8 Å². The first kappa shape index (κ1) is 15.3. The minimum absolute atomic E-state index is 0.103. The van der Waals surface area contributed by atoms with Crippen LogP contribution in [0.2, 0.25) is 0 Å². The maximum Gasteiger partial charge on any atom is 0.338 e. The van der Waals surface area contributed by atoms with Gasteiger partial charge in [-0.2, -0.15) is 0 Å². The summed E-state index contributed by atoms with van der Waals surface area (Å²) in [5.74, 6) is -0.471. The molecule has 0 saturated carbocycles. The van der Waals surface area contributed by atoms with E-state index in [0.717, 1.165) is 5.56 Å². The second-order valence-electron chi connectivity index (χ2n) is 4.29. The SMILES string of the molecule is CCOC(=O)c1ccc(S(=O)(=O)NCc2cc[nH]c2)cc1. The number of hydrogen-bond donors (Lipinski definition) is 2. The molecule has 1 aromatic heterocycles. The van der Waals surface area contributed by atoms with Crippen LogP contribution in [0.25, 0.3) is 0 Å². The third-order valence-corrected chi connectivity index (χ3v) is 4.22. The molecule has 0 radical (unpaired) electrons. The van der Waals surface area contributed by atoms with Gasteiger partial charge in [0.2, 0.25) is 10.0 Å². The number of rotatable bonds is 6. The molecule has 0 bridgehead atoms. The molecule has 1 aromatic carbocycles. The summed E-state index contributed by atoms with van der Waals surface area (Å²) in [6, 6.07) is 7.41. The summed E-state index contributed by atoms with van der Waals surface area (Å²) < 4.78 is 31.5. The number of esters is 1. The molecule has 0 fully saturated rings. The van der Waals surface area contributed by atoms with E-state index >= 15 is 0 Å². The van der Waals surface area contributed by atoms with Crippen LogP contribution >= 0.6 is 0 Å². The third kappa shape index (κ3) is 3.93.